The summed E-state index contributed by atoms with van der Waals surface area (Å²) < 4.78 is 24.5. The number of hydrogen-bond donors (Lipinski definition) is 1. The molecular weight excluding hydrogens is 1700 g/mol. The standard InChI is InChI=1S/C22H24N2O2.C21H21BrN2O2.C21H23BrN2O2.C17H15BrN2O2.C6H6BrN.C2H8P2/c1-15(2)12-22(14-23)19-11-16(3)5-10-20(19)24(21(22)25)13-17-6-8-18(26-4)9-7-17;1-14(2)11-21(13-23)18-10-16(22)6-9-19(18)24(20(21)25)12-15-4-7-17(26-3)8-5-15;1-15(2)12-17(13-23)21(25)24(19-8-6-18(22)7-9-19)14-16-4-10-20(26-3)11-5-16;1-22-16-8-2-13(3-9-16)12-20(17(21)10-11-19)15-6-4-14(18)5-7-15;7-5-1-3-6(8)4-2-5;1-3-4-2/h5-11,15H,12-13H2,1-4H3;4-10,14H,11-12H2,1-3H3;4-11,15,17H,12,14H2,1-3H3;2-9H,10,12H2,1H3;1-4H,8H2;3-4H,1-2H3. The first-order valence-corrected chi connectivity index (χ1v) is 43.4. The summed E-state index contributed by atoms with van der Waals surface area (Å²) in [5.41, 5.74) is 13.8. The van der Waals surface area contributed by atoms with E-state index in [-0.39, 0.29) is 47.8 Å². The molecule has 2 aliphatic heterocycles. The Hall–Kier alpha value is -9.40. The van der Waals surface area contributed by atoms with Gasteiger partial charge in [-0.25, -0.2) is 0 Å². The summed E-state index contributed by atoms with van der Waals surface area (Å²) >= 11 is 13.6. The Morgan fingerprint density at radius 3 is 1.16 bits per heavy atom. The number of nitrogen functional groups attached to an aromatic ring is 1. The van der Waals surface area contributed by atoms with Gasteiger partial charge in [-0.2, -0.15) is 21.0 Å². The monoisotopic (exact) mass is 1800 g/mol. The maximum Gasteiger partial charge on any atom is 0.252 e. The van der Waals surface area contributed by atoms with Crippen LogP contribution >= 0.6 is 80.3 Å². The molecule has 9 aromatic rings. The van der Waals surface area contributed by atoms with Crippen LogP contribution in [-0.2, 0) is 56.2 Å². The zero-order valence-corrected chi connectivity index (χ0v) is 73.9. The van der Waals surface area contributed by atoms with E-state index in [0.717, 1.165) is 108 Å². The lowest BCUT2D eigenvalue weighted by atomic mass is 9.76. The van der Waals surface area contributed by atoms with Gasteiger partial charge in [0.1, 0.15) is 35.3 Å². The molecule has 0 aliphatic carbocycles. The van der Waals surface area contributed by atoms with Gasteiger partial charge in [-0.05, 0) is 225 Å². The fourth-order valence-electron chi connectivity index (χ4n) is 12.5. The van der Waals surface area contributed by atoms with Gasteiger partial charge in [0.2, 0.25) is 11.8 Å². The second kappa shape index (κ2) is 45.3. The van der Waals surface area contributed by atoms with Gasteiger partial charge < -0.3 is 44.3 Å². The van der Waals surface area contributed by atoms with E-state index < -0.39 is 16.7 Å². The van der Waals surface area contributed by atoms with Crippen LogP contribution in [0.3, 0.4) is 0 Å². The van der Waals surface area contributed by atoms with E-state index in [9.17, 15) is 35.0 Å². The number of carbonyl (C=O) groups excluding carboxylic acids is 4. The van der Waals surface area contributed by atoms with Gasteiger partial charge in [-0.1, -0.05) is 171 Å². The zero-order valence-electron chi connectivity index (χ0n) is 65.5. The summed E-state index contributed by atoms with van der Waals surface area (Å²) in [7, 11) is 8.82. The molecule has 4 amide bonds. The van der Waals surface area contributed by atoms with E-state index in [1.807, 2.05) is 261 Å². The number of benzene rings is 9. The van der Waals surface area contributed by atoms with Crippen molar-refractivity contribution in [3.63, 3.8) is 0 Å². The number of aryl methyl sites for hydroxylation is 1. The van der Waals surface area contributed by atoms with Crippen molar-refractivity contribution < 1.29 is 38.1 Å². The maximum absolute atomic E-state index is 13.4. The molecule has 584 valence electrons. The van der Waals surface area contributed by atoms with E-state index in [0.29, 0.717) is 45.4 Å². The predicted octanol–water partition coefficient (Wildman–Crippen LogP) is 21.8. The van der Waals surface area contributed by atoms with Gasteiger partial charge >= 0.3 is 0 Å². The van der Waals surface area contributed by atoms with Crippen molar-refractivity contribution in [2.45, 2.75) is 111 Å². The molecule has 5 unspecified atom stereocenters. The fourth-order valence-corrected chi connectivity index (χ4v) is 13.6. The number of amides is 4. The third kappa shape index (κ3) is 25.8. The summed E-state index contributed by atoms with van der Waals surface area (Å²) in [6.45, 7) is 20.3. The number of carbonyl (C=O) groups is 4. The molecule has 17 nitrogen and oxygen atoms in total. The molecule has 0 saturated carbocycles. The summed E-state index contributed by atoms with van der Waals surface area (Å²) in [5, 5.41) is 38.3. The molecule has 0 bridgehead atoms. The van der Waals surface area contributed by atoms with Crippen molar-refractivity contribution in [2.24, 2.45) is 23.7 Å². The molecule has 112 heavy (non-hydrogen) atoms. The molecule has 0 saturated heterocycles. The van der Waals surface area contributed by atoms with Crippen molar-refractivity contribution in [1.82, 2.24) is 0 Å². The van der Waals surface area contributed by atoms with Crippen LogP contribution in [0, 0.1) is 75.9 Å². The minimum atomic E-state index is -1.13. The number of nitriles is 4. The lowest BCUT2D eigenvalue weighted by Crippen LogP contribution is -2.40. The van der Waals surface area contributed by atoms with Crippen molar-refractivity contribution in [3.8, 4) is 47.3 Å². The number of nitrogens with zero attached hydrogens (tertiary/aromatic N) is 8. The van der Waals surface area contributed by atoms with Gasteiger partial charge in [0.05, 0.1) is 78.9 Å². The van der Waals surface area contributed by atoms with Crippen molar-refractivity contribution in [1.29, 1.82) is 21.0 Å². The highest BCUT2D eigenvalue weighted by Crippen LogP contribution is 2.48. The van der Waals surface area contributed by atoms with Crippen molar-refractivity contribution in [2.75, 3.05) is 67.1 Å². The molecule has 23 heteroatoms. The molecule has 0 spiro atoms. The first-order chi connectivity index (χ1) is 53.6. The van der Waals surface area contributed by atoms with Crippen LogP contribution in [0.25, 0.3) is 0 Å². The van der Waals surface area contributed by atoms with E-state index >= 15 is 0 Å². The van der Waals surface area contributed by atoms with E-state index in [1.54, 1.807) is 48.0 Å². The van der Waals surface area contributed by atoms with Crippen LogP contribution < -0.4 is 44.3 Å². The molecule has 0 radical (unpaired) electrons. The Morgan fingerprint density at radius 1 is 0.473 bits per heavy atom. The normalized spacial score (nSPS) is 14.5. The summed E-state index contributed by atoms with van der Waals surface area (Å²) in [6.07, 6.45) is 1.43. The number of rotatable bonds is 23. The Labute approximate surface area is 698 Å². The van der Waals surface area contributed by atoms with Crippen molar-refractivity contribution >= 4 is 132 Å². The second-order valence-electron chi connectivity index (χ2n) is 27.6. The molecule has 9 aromatic carbocycles. The third-order valence-electron chi connectivity index (χ3n) is 18.0. The molecule has 2 heterocycles. The first-order valence-electron chi connectivity index (χ1n) is 36.2. The molecular formula is C89H97Br4N9O8P2. The van der Waals surface area contributed by atoms with E-state index in [1.165, 1.54) is 16.5 Å². The maximum atomic E-state index is 13.4. The molecule has 0 fully saturated rings. The summed E-state index contributed by atoms with van der Waals surface area (Å²) in [5.74, 6) is 2.53. The van der Waals surface area contributed by atoms with Gasteiger partial charge in [-0.15, -0.1) is 16.5 Å². The van der Waals surface area contributed by atoms with Gasteiger partial charge in [0.25, 0.3) is 11.8 Å². The SMILES string of the molecule is COc1ccc(CN(C(=O)C(C#N)CC(C)C)c2ccc(Br)cc2)cc1.COc1ccc(CN(C(=O)CC#N)c2ccc(Br)cc2)cc1.COc1ccc(CN2C(=O)C(C#N)(CC(C)C)c3cc(Br)ccc32)cc1.COc1ccc(CN2C(=O)C(C#N)(CC(C)C)c3cc(C)ccc32)cc1.CPPC.Nc1ccc(Br)cc1. The van der Waals surface area contributed by atoms with Crippen LogP contribution in [0.4, 0.5) is 28.4 Å². The Bertz CT molecular complexity index is 4490. The Balaban J connectivity index is 0.000000222. The topological polar surface area (TPSA) is 239 Å². The van der Waals surface area contributed by atoms with Crippen LogP contribution in [-0.4, -0.2) is 65.4 Å². The van der Waals surface area contributed by atoms with Crippen LogP contribution in [0.1, 0.15) is 106 Å². The van der Waals surface area contributed by atoms with Crippen LogP contribution in [0.5, 0.6) is 23.0 Å². The second-order valence-corrected chi connectivity index (χ2v) is 35.3. The molecule has 5 atom stereocenters. The number of fused-ring (bicyclic) bond motifs is 2. The van der Waals surface area contributed by atoms with E-state index in [4.69, 9.17) is 29.9 Å². The van der Waals surface area contributed by atoms with Crippen LogP contribution in [0.15, 0.2) is 224 Å². The Kier molecular flexibility index (Phi) is 37.0. The number of anilines is 5. The minimum Gasteiger partial charge on any atom is -0.497 e. The number of methoxy groups -OCH3 is 4. The average molecular weight is 1800 g/mol. The number of hydrogen-bond acceptors (Lipinski definition) is 13. The first kappa shape index (κ1) is 91.5. The number of ether oxygens (including phenoxy) is 4. The highest BCUT2D eigenvalue weighted by atomic mass is 79.9. The molecule has 0 aromatic heterocycles. The molecule has 2 N–H and O–H groups in total. The van der Waals surface area contributed by atoms with Gasteiger partial charge in [0.15, 0.2) is 10.8 Å². The quantitative estimate of drug-likeness (QED) is 0.0463. The predicted molar refractivity (Wildman–Crippen MR) is 470 cm³/mol. The lowest BCUT2D eigenvalue weighted by Gasteiger charge is -2.26. The third-order valence-corrected chi connectivity index (χ3v) is 22.1. The van der Waals surface area contributed by atoms with Crippen molar-refractivity contribution in [3.05, 3.63) is 263 Å². The smallest absolute Gasteiger partial charge is 0.252 e. The average Bonchev–Trinajstić information content (AvgIpc) is 1.58. The molecule has 2 aliphatic rings. The molecule has 11 rings (SSSR count). The minimum absolute atomic E-state index is 0.120. The van der Waals surface area contributed by atoms with Gasteiger partial charge in [0, 0.05) is 57.5 Å². The number of halogens is 4. The largest absolute Gasteiger partial charge is 0.497 e. The van der Waals surface area contributed by atoms with Crippen LogP contribution in [0.2, 0.25) is 0 Å². The summed E-state index contributed by atoms with van der Waals surface area (Å²) in [4.78, 5) is 58.8. The fraction of sp³-hybridized carbons (Fsp3) is 0.303. The lowest BCUT2D eigenvalue weighted by molar-refractivity contribution is -0.122. The summed E-state index contributed by atoms with van der Waals surface area (Å²) in [6, 6.07) is 73.5. The zero-order chi connectivity index (χ0) is 82.2. The highest BCUT2D eigenvalue weighted by Gasteiger charge is 2.53. The van der Waals surface area contributed by atoms with E-state index in [2.05, 4.69) is 95.3 Å². The Morgan fingerprint density at radius 2 is 0.821 bits per heavy atom. The highest BCUT2D eigenvalue weighted by molar-refractivity contribution is 9.11. The van der Waals surface area contributed by atoms with Gasteiger partial charge in [-0.3, -0.25) is 19.2 Å². The number of nitrogens with two attached hydrogens (primary N) is 1.